The fraction of sp³-hybridized carbons (Fsp3) is 0.533. The molecule has 1 aromatic carbocycles. The van der Waals surface area contributed by atoms with Crippen molar-refractivity contribution in [2.24, 2.45) is 0 Å². The Morgan fingerprint density at radius 3 is 3.05 bits per heavy atom. The van der Waals surface area contributed by atoms with E-state index in [2.05, 4.69) is 29.7 Å². The number of aromatic nitrogens is 2. The number of fused-ring (bicyclic) bond motifs is 1. The third kappa shape index (κ3) is 2.49. The molecule has 1 saturated heterocycles. The van der Waals surface area contributed by atoms with Crippen molar-refractivity contribution >= 4 is 22.6 Å². The molecule has 0 saturated carbocycles. The normalized spacial score (nSPS) is 21.1. The van der Waals surface area contributed by atoms with Crippen LogP contribution in [-0.4, -0.2) is 22.3 Å². The largest absolute Gasteiger partial charge is 0.376 e. The average molecular weight is 279 g/mol. The molecule has 2 unspecified atom stereocenters. The van der Waals surface area contributed by atoms with E-state index in [9.17, 15) is 0 Å². The van der Waals surface area contributed by atoms with Crippen LogP contribution in [0.3, 0.4) is 0 Å². The van der Waals surface area contributed by atoms with Crippen molar-refractivity contribution in [3.05, 3.63) is 29.6 Å². The van der Waals surface area contributed by atoms with Gasteiger partial charge in [0.1, 0.15) is 5.82 Å². The van der Waals surface area contributed by atoms with Crippen molar-refractivity contribution < 1.29 is 4.74 Å². The van der Waals surface area contributed by atoms with Crippen LogP contribution in [0.2, 0.25) is 0 Å². The lowest BCUT2D eigenvalue weighted by molar-refractivity contribution is 0.0972. The summed E-state index contributed by atoms with van der Waals surface area (Å²) in [5, 5.41) is -0.0888. The summed E-state index contributed by atoms with van der Waals surface area (Å²) in [4.78, 5) is 4.69. The molecular formula is C15H19ClN2O. The zero-order chi connectivity index (χ0) is 13.4. The molecule has 0 N–H and O–H groups in total. The number of hydrogen-bond acceptors (Lipinski definition) is 2. The van der Waals surface area contributed by atoms with E-state index in [1.54, 1.807) is 0 Å². The molecule has 19 heavy (non-hydrogen) atoms. The summed E-state index contributed by atoms with van der Waals surface area (Å²) in [6, 6.07) is 6.37. The maximum absolute atomic E-state index is 6.28. The number of halogens is 1. The molecule has 4 heteroatoms. The number of ether oxygens (including phenoxy) is 1. The zero-order valence-electron chi connectivity index (χ0n) is 11.4. The first-order valence-corrected chi connectivity index (χ1v) is 7.31. The predicted molar refractivity (Wildman–Crippen MR) is 77.7 cm³/mol. The van der Waals surface area contributed by atoms with E-state index in [4.69, 9.17) is 21.3 Å². The minimum absolute atomic E-state index is 0.0888. The lowest BCUT2D eigenvalue weighted by Crippen LogP contribution is -2.17. The first-order valence-electron chi connectivity index (χ1n) is 6.87. The summed E-state index contributed by atoms with van der Waals surface area (Å²) in [7, 11) is 0. The minimum atomic E-state index is -0.0888. The number of hydrogen-bond donors (Lipinski definition) is 0. The van der Waals surface area contributed by atoms with Gasteiger partial charge < -0.3 is 9.30 Å². The van der Waals surface area contributed by atoms with Crippen molar-refractivity contribution in [3.8, 4) is 0 Å². The van der Waals surface area contributed by atoms with Gasteiger partial charge in [0.25, 0.3) is 0 Å². The summed E-state index contributed by atoms with van der Waals surface area (Å²) in [6.07, 6.45) is 2.58. The highest BCUT2D eigenvalue weighted by Crippen LogP contribution is 2.27. The lowest BCUT2D eigenvalue weighted by atomic mass is 10.2. The van der Waals surface area contributed by atoms with E-state index in [0.29, 0.717) is 6.10 Å². The Hall–Kier alpha value is -1.06. The van der Waals surface area contributed by atoms with Crippen molar-refractivity contribution in [1.82, 2.24) is 9.55 Å². The van der Waals surface area contributed by atoms with Crippen molar-refractivity contribution in [2.45, 2.75) is 44.7 Å². The molecular weight excluding hydrogens is 260 g/mol. The number of alkyl halides is 1. The van der Waals surface area contributed by atoms with E-state index in [1.165, 1.54) is 5.56 Å². The van der Waals surface area contributed by atoms with Gasteiger partial charge in [-0.2, -0.15) is 0 Å². The molecule has 0 amide bonds. The topological polar surface area (TPSA) is 27.1 Å². The second-order valence-corrected chi connectivity index (χ2v) is 5.98. The van der Waals surface area contributed by atoms with Crippen LogP contribution in [0.4, 0.5) is 0 Å². The average Bonchev–Trinajstić information content (AvgIpc) is 2.97. The predicted octanol–water partition coefficient (Wildman–Crippen LogP) is 3.82. The molecule has 102 valence electrons. The molecule has 2 aromatic rings. The molecule has 2 atom stereocenters. The molecule has 3 nitrogen and oxygen atoms in total. The van der Waals surface area contributed by atoms with Gasteiger partial charge in [-0.25, -0.2) is 4.98 Å². The van der Waals surface area contributed by atoms with E-state index in [-0.39, 0.29) is 5.38 Å². The van der Waals surface area contributed by atoms with Gasteiger partial charge in [-0.05, 0) is 44.4 Å². The molecule has 1 aromatic heterocycles. The summed E-state index contributed by atoms with van der Waals surface area (Å²) in [6.45, 7) is 5.79. The molecule has 3 rings (SSSR count). The van der Waals surface area contributed by atoms with Gasteiger partial charge in [0, 0.05) is 6.61 Å². The third-order valence-electron chi connectivity index (χ3n) is 3.70. The minimum Gasteiger partial charge on any atom is -0.376 e. The number of nitrogens with zero attached hydrogens (tertiary/aromatic N) is 2. The number of rotatable bonds is 3. The molecule has 0 radical (unpaired) electrons. The van der Waals surface area contributed by atoms with Crippen molar-refractivity contribution in [2.75, 3.05) is 6.61 Å². The van der Waals surface area contributed by atoms with Crippen LogP contribution < -0.4 is 0 Å². The monoisotopic (exact) mass is 278 g/mol. The first-order chi connectivity index (χ1) is 9.15. The van der Waals surface area contributed by atoms with Gasteiger partial charge in [0.05, 0.1) is 29.1 Å². The van der Waals surface area contributed by atoms with Gasteiger partial charge in [-0.1, -0.05) is 6.07 Å². The fourth-order valence-corrected chi connectivity index (χ4v) is 2.91. The summed E-state index contributed by atoms with van der Waals surface area (Å²) in [5.74, 6) is 0.942. The number of benzene rings is 1. The van der Waals surface area contributed by atoms with Crippen LogP contribution in [0.1, 0.15) is 36.5 Å². The van der Waals surface area contributed by atoms with E-state index < -0.39 is 0 Å². The Morgan fingerprint density at radius 2 is 2.37 bits per heavy atom. The van der Waals surface area contributed by atoms with E-state index in [1.807, 2.05) is 6.92 Å². The van der Waals surface area contributed by atoms with Crippen LogP contribution in [0.25, 0.3) is 11.0 Å². The smallest absolute Gasteiger partial charge is 0.127 e. The van der Waals surface area contributed by atoms with E-state index >= 15 is 0 Å². The molecule has 1 fully saturated rings. The van der Waals surface area contributed by atoms with Gasteiger partial charge in [0.2, 0.25) is 0 Å². The number of aryl methyl sites for hydroxylation is 1. The van der Waals surface area contributed by atoms with E-state index in [0.717, 1.165) is 42.9 Å². The van der Waals surface area contributed by atoms with Crippen molar-refractivity contribution in [3.63, 3.8) is 0 Å². The molecule has 0 spiro atoms. The summed E-state index contributed by atoms with van der Waals surface area (Å²) < 4.78 is 7.97. The molecule has 1 aliphatic rings. The molecule has 2 heterocycles. The standard InChI is InChI=1S/C15H19ClN2O/c1-10-5-6-14-13(8-10)17-15(11(2)16)18(14)9-12-4-3-7-19-12/h5-6,8,11-12H,3-4,7,9H2,1-2H3. The molecule has 0 bridgehead atoms. The van der Waals surface area contributed by atoms with Crippen LogP contribution >= 0.6 is 11.6 Å². The Morgan fingerprint density at radius 1 is 1.53 bits per heavy atom. The van der Waals surface area contributed by atoms with Crippen LogP contribution in [-0.2, 0) is 11.3 Å². The molecule has 1 aliphatic heterocycles. The van der Waals surface area contributed by atoms with Crippen LogP contribution in [0.5, 0.6) is 0 Å². The zero-order valence-corrected chi connectivity index (χ0v) is 12.2. The highest BCUT2D eigenvalue weighted by Gasteiger charge is 2.21. The number of imidazole rings is 1. The van der Waals surface area contributed by atoms with Crippen molar-refractivity contribution in [1.29, 1.82) is 0 Å². The molecule has 0 aliphatic carbocycles. The maximum Gasteiger partial charge on any atom is 0.127 e. The quantitative estimate of drug-likeness (QED) is 0.798. The SMILES string of the molecule is Cc1ccc2c(c1)nc(C(C)Cl)n2CC1CCCO1. The van der Waals surface area contributed by atoms with Crippen LogP contribution in [0.15, 0.2) is 18.2 Å². The van der Waals surface area contributed by atoms with Gasteiger partial charge in [-0.3, -0.25) is 0 Å². The lowest BCUT2D eigenvalue weighted by Gasteiger charge is -2.15. The van der Waals surface area contributed by atoms with Gasteiger partial charge in [-0.15, -0.1) is 11.6 Å². The Labute approximate surface area is 118 Å². The fourth-order valence-electron chi connectivity index (χ4n) is 2.75. The highest BCUT2D eigenvalue weighted by molar-refractivity contribution is 6.20. The second kappa shape index (κ2) is 5.14. The van der Waals surface area contributed by atoms with Crippen LogP contribution in [0, 0.1) is 6.92 Å². The Bertz CT molecular complexity index is 585. The van der Waals surface area contributed by atoms with Gasteiger partial charge >= 0.3 is 0 Å². The third-order valence-corrected chi connectivity index (χ3v) is 3.89. The Balaban J connectivity index is 2.05. The summed E-state index contributed by atoms with van der Waals surface area (Å²) >= 11 is 6.28. The van der Waals surface area contributed by atoms with Gasteiger partial charge in [0.15, 0.2) is 0 Å². The Kier molecular flexibility index (Phi) is 3.50. The first kappa shape index (κ1) is 12.9. The maximum atomic E-state index is 6.28. The second-order valence-electron chi connectivity index (χ2n) is 5.32. The summed E-state index contributed by atoms with van der Waals surface area (Å²) in [5.41, 5.74) is 3.41. The highest BCUT2D eigenvalue weighted by atomic mass is 35.5.